The first kappa shape index (κ1) is 30.8. The number of nitriles is 1. The quantitative estimate of drug-likeness (QED) is 0.338. The zero-order valence-corrected chi connectivity index (χ0v) is 25.3. The Balaban J connectivity index is 1.67. The number of likely N-dealkylation sites (tertiary alicyclic amines) is 1. The summed E-state index contributed by atoms with van der Waals surface area (Å²) in [5, 5.41) is 21.1. The lowest BCUT2D eigenvalue weighted by molar-refractivity contribution is 0.00590. The van der Waals surface area contributed by atoms with Gasteiger partial charge in [-0.2, -0.15) is 5.26 Å². The van der Waals surface area contributed by atoms with Gasteiger partial charge in [0.2, 0.25) is 0 Å². The number of benzene rings is 1. The molecule has 3 heterocycles. The number of carbonyl (C=O) groups excluding carboxylic acids is 2. The third-order valence-corrected chi connectivity index (χ3v) is 6.33. The van der Waals surface area contributed by atoms with E-state index in [9.17, 15) is 19.2 Å². The molecule has 2 N–H and O–H groups in total. The van der Waals surface area contributed by atoms with Crippen LogP contribution in [0.3, 0.4) is 0 Å². The van der Waals surface area contributed by atoms with E-state index in [1.807, 2.05) is 20.8 Å². The highest BCUT2D eigenvalue weighted by Gasteiger charge is 2.29. The van der Waals surface area contributed by atoms with Crippen LogP contribution in [-0.4, -0.2) is 61.9 Å². The van der Waals surface area contributed by atoms with E-state index in [1.165, 1.54) is 22.7 Å². The predicted octanol–water partition coefficient (Wildman–Crippen LogP) is 5.77. The Morgan fingerprint density at radius 3 is 2.50 bits per heavy atom. The molecular weight excluding hydrogens is 565 g/mol. The Hall–Kier alpha value is -4.11. The molecule has 3 aromatic rings. The van der Waals surface area contributed by atoms with E-state index >= 15 is 0 Å². The van der Waals surface area contributed by atoms with Crippen molar-refractivity contribution in [3.8, 4) is 6.07 Å². The Labute approximate surface area is 248 Å². The van der Waals surface area contributed by atoms with Crippen LogP contribution in [0.1, 0.15) is 76.0 Å². The number of hydrogen-bond donors (Lipinski definition) is 2. The van der Waals surface area contributed by atoms with Gasteiger partial charge in [0.05, 0.1) is 0 Å². The number of nitrogens with zero attached hydrogens (tertiary/aromatic N) is 5. The molecule has 1 fully saturated rings. The molecule has 0 bridgehead atoms. The van der Waals surface area contributed by atoms with E-state index in [0.717, 1.165) is 12.8 Å². The van der Waals surface area contributed by atoms with Crippen LogP contribution in [-0.2, 0) is 16.0 Å². The second-order valence-electron chi connectivity index (χ2n) is 12.1. The normalized spacial score (nSPS) is 15.7. The van der Waals surface area contributed by atoms with Crippen LogP contribution in [0.5, 0.6) is 0 Å². The number of anilines is 2. The second kappa shape index (κ2) is 12.0. The smallest absolute Gasteiger partial charge is 0.410 e. The van der Waals surface area contributed by atoms with E-state index in [4.69, 9.17) is 21.1 Å². The Morgan fingerprint density at radius 2 is 1.86 bits per heavy atom. The van der Waals surface area contributed by atoms with Gasteiger partial charge in [-0.3, -0.25) is 0 Å². The van der Waals surface area contributed by atoms with Crippen molar-refractivity contribution in [2.75, 3.05) is 23.7 Å². The van der Waals surface area contributed by atoms with Crippen molar-refractivity contribution in [2.45, 2.75) is 78.2 Å². The standard InChI is InChI=1S/C29H35ClFN7O4/c1-28(2,3)41-26(39)22-13-23(34-20-8-7-9-37(16-20)27(40)42-29(4,5)6)35-25-21(14-32)24(36-38(22)25)33-15-17-10-18(30)12-19(31)11-17/h10-13,20H,7-9,15-16H2,1-6H3,(H,33,36)(H,34,35)/t20-/m0/s1. The van der Waals surface area contributed by atoms with Crippen molar-refractivity contribution in [2.24, 2.45) is 0 Å². The summed E-state index contributed by atoms with van der Waals surface area (Å²) in [6.45, 7) is 11.7. The molecule has 0 unspecified atom stereocenters. The Kier molecular flexibility index (Phi) is 8.82. The van der Waals surface area contributed by atoms with E-state index in [0.29, 0.717) is 24.5 Å². The fourth-order valence-electron chi connectivity index (χ4n) is 4.49. The van der Waals surface area contributed by atoms with Gasteiger partial charge >= 0.3 is 12.1 Å². The van der Waals surface area contributed by atoms with Crippen LogP contribution in [0, 0.1) is 17.1 Å². The third kappa shape index (κ3) is 7.79. The summed E-state index contributed by atoms with van der Waals surface area (Å²) in [7, 11) is 0. The lowest BCUT2D eigenvalue weighted by atomic mass is 10.1. The number of hydrogen-bond acceptors (Lipinski definition) is 9. The first-order valence-corrected chi connectivity index (χ1v) is 14.0. The van der Waals surface area contributed by atoms with Crippen molar-refractivity contribution < 1.29 is 23.5 Å². The van der Waals surface area contributed by atoms with Gasteiger partial charge in [0.15, 0.2) is 17.2 Å². The number of ether oxygens (including phenoxy) is 2. The highest BCUT2D eigenvalue weighted by molar-refractivity contribution is 6.30. The number of halogens is 2. The minimum Gasteiger partial charge on any atom is -0.455 e. The molecule has 1 atom stereocenters. The van der Waals surface area contributed by atoms with Crippen molar-refractivity contribution >= 4 is 40.9 Å². The molecular formula is C29H35ClFN7O4. The van der Waals surface area contributed by atoms with Gasteiger partial charge in [0.1, 0.15) is 34.5 Å². The zero-order chi connectivity index (χ0) is 30.8. The maximum atomic E-state index is 13.8. The highest BCUT2D eigenvalue weighted by Crippen LogP contribution is 2.26. The van der Waals surface area contributed by atoms with E-state index in [1.54, 1.807) is 31.7 Å². The minimum absolute atomic E-state index is 0.0515. The van der Waals surface area contributed by atoms with Gasteiger partial charge in [-0.1, -0.05) is 11.6 Å². The highest BCUT2D eigenvalue weighted by atomic mass is 35.5. The maximum Gasteiger partial charge on any atom is 0.410 e. The first-order chi connectivity index (χ1) is 19.6. The Morgan fingerprint density at radius 1 is 1.14 bits per heavy atom. The number of rotatable bonds is 6. The summed E-state index contributed by atoms with van der Waals surface area (Å²) >= 11 is 5.98. The molecule has 42 heavy (non-hydrogen) atoms. The van der Waals surface area contributed by atoms with Crippen molar-refractivity contribution in [1.29, 1.82) is 5.26 Å². The van der Waals surface area contributed by atoms with Crippen molar-refractivity contribution in [3.05, 3.63) is 51.9 Å². The van der Waals surface area contributed by atoms with Gasteiger partial charge < -0.3 is 25.0 Å². The average molecular weight is 600 g/mol. The van der Waals surface area contributed by atoms with Crippen molar-refractivity contribution in [1.82, 2.24) is 19.5 Å². The van der Waals surface area contributed by atoms with Crippen LogP contribution in [0.15, 0.2) is 24.3 Å². The molecule has 0 saturated carbocycles. The van der Waals surface area contributed by atoms with Crippen LogP contribution in [0.25, 0.3) is 5.65 Å². The molecule has 4 rings (SSSR count). The summed E-state index contributed by atoms with van der Waals surface area (Å²) < 4.78 is 26.3. The lowest BCUT2D eigenvalue weighted by Gasteiger charge is -2.34. The second-order valence-corrected chi connectivity index (χ2v) is 12.6. The summed E-state index contributed by atoms with van der Waals surface area (Å²) in [6.07, 6.45) is 1.10. The summed E-state index contributed by atoms with van der Waals surface area (Å²) in [5.74, 6) is -0.680. The van der Waals surface area contributed by atoms with Crippen molar-refractivity contribution in [3.63, 3.8) is 0 Å². The van der Waals surface area contributed by atoms with E-state index in [2.05, 4.69) is 26.8 Å². The van der Waals surface area contributed by atoms with Gasteiger partial charge in [0, 0.05) is 36.8 Å². The fourth-order valence-corrected chi connectivity index (χ4v) is 4.73. The molecule has 1 aromatic carbocycles. The average Bonchev–Trinajstić information content (AvgIpc) is 3.22. The van der Waals surface area contributed by atoms with Gasteiger partial charge in [0.25, 0.3) is 0 Å². The molecule has 13 heteroatoms. The monoisotopic (exact) mass is 599 g/mol. The van der Waals surface area contributed by atoms with Crippen LogP contribution >= 0.6 is 11.6 Å². The van der Waals surface area contributed by atoms with Crippen LogP contribution in [0.2, 0.25) is 5.02 Å². The first-order valence-electron chi connectivity index (χ1n) is 13.6. The molecule has 1 saturated heterocycles. The number of aromatic nitrogens is 3. The number of carbonyl (C=O) groups is 2. The number of amides is 1. The molecule has 1 amide bonds. The predicted molar refractivity (Wildman–Crippen MR) is 156 cm³/mol. The molecule has 0 radical (unpaired) electrons. The molecule has 0 aliphatic carbocycles. The maximum absolute atomic E-state index is 13.8. The van der Waals surface area contributed by atoms with Gasteiger partial charge in [-0.15, -0.1) is 5.10 Å². The SMILES string of the molecule is CC(C)(C)OC(=O)c1cc(N[C@H]2CCCN(C(=O)OC(C)(C)C)C2)nc2c(C#N)c(NCc3cc(F)cc(Cl)c3)nn12. The molecule has 11 nitrogen and oxygen atoms in total. The minimum atomic E-state index is -0.791. The van der Waals surface area contributed by atoms with Crippen LogP contribution < -0.4 is 10.6 Å². The summed E-state index contributed by atoms with van der Waals surface area (Å²) in [4.78, 5) is 32.2. The molecule has 2 aromatic heterocycles. The van der Waals surface area contributed by atoms with Gasteiger partial charge in [-0.05, 0) is 78.1 Å². The topological polar surface area (TPSA) is 134 Å². The summed E-state index contributed by atoms with van der Waals surface area (Å²) in [5.41, 5.74) is -0.603. The number of piperidine rings is 1. The number of fused-ring (bicyclic) bond motifs is 1. The largest absolute Gasteiger partial charge is 0.455 e. The third-order valence-electron chi connectivity index (χ3n) is 6.12. The lowest BCUT2D eigenvalue weighted by Crippen LogP contribution is -2.47. The van der Waals surface area contributed by atoms with Crippen LogP contribution in [0.4, 0.5) is 20.8 Å². The number of esters is 1. The molecule has 1 aliphatic rings. The number of nitrogens with one attached hydrogen (secondary N) is 2. The summed E-state index contributed by atoms with van der Waals surface area (Å²) in [6, 6.07) is 7.54. The fraction of sp³-hybridized carbons (Fsp3) is 0.483. The van der Waals surface area contributed by atoms with Gasteiger partial charge in [-0.25, -0.2) is 23.5 Å². The molecule has 224 valence electrons. The van der Waals surface area contributed by atoms with E-state index < -0.39 is 29.1 Å². The molecule has 0 spiro atoms. The van der Waals surface area contributed by atoms with E-state index in [-0.39, 0.29) is 40.3 Å². The molecule has 1 aliphatic heterocycles. The zero-order valence-electron chi connectivity index (χ0n) is 24.5. The Bertz CT molecular complexity index is 1520.